The molecule has 0 aliphatic carbocycles. The first kappa shape index (κ1) is 11.5. The average Bonchev–Trinajstić information content (AvgIpc) is 2.02. The monoisotopic (exact) mass is 238 g/mol. The summed E-state index contributed by atoms with van der Waals surface area (Å²) in [4.78, 5) is -0.247. The van der Waals surface area contributed by atoms with Gasteiger partial charge in [-0.05, 0) is 19.1 Å². The molecule has 0 fully saturated rings. The molecule has 80 valence electrons. The van der Waals surface area contributed by atoms with E-state index in [0.29, 0.717) is 0 Å². The van der Waals surface area contributed by atoms with E-state index >= 15 is 0 Å². The van der Waals surface area contributed by atoms with Crippen LogP contribution in [-0.4, -0.2) is 20.5 Å². The van der Waals surface area contributed by atoms with E-state index in [2.05, 4.69) is 4.18 Å². The highest BCUT2D eigenvalue weighted by atomic mass is 35.5. The van der Waals surface area contributed by atoms with Crippen molar-refractivity contribution in [3.63, 3.8) is 0 Å². The summed E-state index contributed by atoms with van der Waals surface area (Å²) < 4.78 is 25.6. The Labute approximate surface area is 87.9 Å². The second-order valence-electron chi connectivity index (χ2n) is 2.55. The van der Waals surface area contributed by atoms with Gasteiger partial charge in [0.25, 0.3) is 0 Å². The summed E-state index contributed by atoms with van der Waals surface area (Å²) in [5.74, 6) is -0.336. The van der Waals surface area contributed by atoms with Gasteiger partial charge in [0.2, 0.25) is 0 Å². The molecule has 2 N–H and O–H groups in total. The van der Waals surface area contributed by atoms with Crippen molar-refractivity contribution in [2.24, 2.45) is 0 Å². The molecule has 4 nitrogen and oxygen atoms in total. The number of thiol groups is 1. The molecule has 0 amide bonds. The minimum absolute atomic E-state index is 0.0179. The molecule has 0 aromatic heterocycles. The van der Waals surface area contributed by atoms with E-state index < -0.39 is 10.5 Å². The molecule has 0 aliphatic heterocycles. The predicted octanol–water partition coefficient (Wildman–Crippen LogP) is 1.85. The average molecular weight is 239 g/mol. The second-order valence-corrected chi connectivity index (χ2v) is 4.70. The third-order valence-corrected chi connectivity index (χ3v) is 3.64. The fourth-order valence-electron chi connectivity index (χ4n) is 1.02. The normalized spacial score (nSPS) is 12.8. The first-order valence-corrected chi connectivity index (χ1v) is 5.90. The lowest BCUT2D eigenvalue weighted by molar-refractivity contribution is 0.301. The summed E-state index contributed by atoms with van der Waals surface area (Å²) in [6, 6.07) is 4.18. The molecule has 0 unspecified atom stereocenters. The van der Waals surface area contributed by atoms with E-state index in [0.717, 1.165) is 0 Å². The van der Waals surface area contributed by atoms with Crippen LogP contribution in [-0.2, 0) is 14.7 Å². The van der Waals surface area contributed by atoms with Crippen molar-refractivity contribution in [1.82, 2.24) is 0 Å². The van der Waals surface area contributed by atoms with Gasteiger partial charge in [-0.2, -0.15) is 0 Å². The maximum atomic E-state index is 11.5. The highest BCUT2D eigenvalue weighted by molar-refractivity contribution is 7.93. The number of phenols is 1. The zero-order chi connectivity index (χ0) is 10.8. The Hall–Kier alpha value is -0.620. The highest BCUT2D eigenvalue weighted by Crippen LogP contribution is 2.33. The molecule has 1 aromatic carbocycles. The van der Waals surface area contributed by atoms with Gasteiger partial charge in [-0.25, -0.2) is 4.21 Å². The van der Waals surface area contributed by atoms with Crippen LogP contribution in [0.5, 0.6) is 5.75 Å². The molecule has 14 heavy (non-hydrogen) atoms. The number of hydrogen-bond donors (Lipinski definition) is 3. The number of hydrogen-bond acceptors (Lipinski definition) is 3. The Morgan fingerprint density at radius 1 is 1.57 bits per heavy atom. The van der Waals surface area contributed by atoms with Crippen LogP contribution in [0.2, 0.25) is 5.02 Å². The van der Waals surface area contributed by atoms with Gasteiger partial charge in [0.1, 0.15) is 21.1 Å². The number of halogens is 1. The Morgan fingerprint density at radius 2 is 2.21 bits per heavy atom. The van der Waals surface area contributed by atoms with Crippen molar-refractivity contribution in [1.29, 1.82) is 0 Å². The van der Waals surface area contributed by atoms with Crippen molar-refractivity contribution in [3.05, 3.63) is 23.2 Å². The molecule has 6 heteroatoms. The van der Waals surface area contributed by atoms with Crippen LogP contribution in [0.1, 0.15) is 6.92 Å². The Bertz CT molecular complexity index is 359. The van der Waals surface area contributed by atoms with E-state index in [-0.39, 0.29) is 22.3 Å². The van der Waals surface area contributed by atoms with Crippen LogP contribution >= 0.6 is 11.6 Å². The lowest BCUT2D eigenvalue weighted by atomic mass is 10.3. The molecule has 0 bridgehead atoms. The zero-order valence-electron chi connectivity index (χ0n) is 7.48. The van der Waals surface area contributed by atoms with E-state index in [4.69, 9.17) is 11.6 Å². The fraction of sp³-hybridized carbons (Fsp3) is 0.250. The molecule has 0 saturated carbocycles. The molecular weight excluding hydrogens is 228 g/mol. The van der Waals surface area contributed by atoms with Gasteiger partial charge in [0.05, 0.1) is 11.6 Å². The molecule has 0 spiro atoms. The topological polar surface area (TPSA) is 66.8 Å². The largest absolute Gasteiger partial charge is 0.507 e. The van der Waals surface area contributed by atoms with Crippen molar-refractivity contribution in [2.75, 3.05) is 6.61 Å². The van der Waals surface area contributed by atoms with Crippen molar-refractivity contribution < 1.29 is 18.1 Å². The zero-order valence-corrected chi connectivity index (χ0v) is 9.13. The molecule has 0 aliphatic rings. The first-order chi connectivity index (χ1) is 6.49. The Balaban J connectivity index is 3.24. The summed E-state index contributed by atoms with van der Waals surface area (Å²) in [5.41, 5.74) is 0. The predicted molar refractivity (Wildman–Crippen MR) is 55.2 cm³/mol. The van der Waals surface area contributed by atoms with E-state index in [9.17, 15) is 13.9 Å². The van der Waals surface area contributed by atoms with Crippen LogP contribution in [0, 0.1) is 0 Å². The van der Waals surface area contributed by atoms with E-state index in [1.54, 1.807) is 6.92 Å². The molecule has 0 heterocycles. The van der Waals surface area contributed by atoms with Gasteiger partial charge in [0.15, 0.2) is 0 Å². The fourth-order valence-corrected chi connectivity index (χ4v) is 2.70. The van der Waals surface area contributed by atoms with E-state index in [1.165, 1.54) is 18.2 Å². The number of aromatic hydroxyl groups is 1. The second kappa shape index (κ2) is 4.27. The van der Waals surface area contributed by atoms with Crippen molar-refractivity contribution >= 4 is 22.1 Å². The van der Waals surface area contributed by atoms with Crippen molar-refractivity contribution in [2.45, 2.75) is 11.8 Å². The Morgan fingerprint density at radius 3 is 2.71 bits per heavy atom. The van der Waals surface area contributed by atoms with Gasteiger partial charge in [0, 0.05) is 0 Å². The lowest BCUT2D eigenvalue weighted by Gasteiger charge is -2.19. The number of benzene rings is 1. The van der Waals surface area contributed by atoms with Gasteiger partial charge in [-0.15, -0.1) is 0 Å². The van der Waals surface area contributed by atoms with Gasteiger partial charge >= 0.3 is 0 Å². The van der Waals surface area contributed by atoms with Crippen molar-refractivity contribution in [3.8, 4) is 5.75 Å². The molecular formula is C8H11ClO4S. The minimum atomic E-state index is -4.00. The highest BCUT2D eigenvalue weighted by Gasteiger charge is 2.21. The standard InChI is InChI=1S/C8H11ClO4S/c1-2-13-14(11,12)8-6(9)4-3-5-7(8)10/h3-5,10,14H,2H2,1H3,(H,11,12). The maximum Gasteiger partial charge on any atom is 0.135 e. The maximum absolute atomic E-state index is 11.5. The molecule has 0 atom stereocenters. The summed E-state index contributed by atoms with van der Waals surface area (Å²) in [6.45, 7) is 1.65. The summed E-state index contributed by atoms with van der Waals surface area (Å²) in [5, 5.41) is 9.37. The van der Waals surface area contributed by atoms with Crippen LogP contribution < -0.4 is 0 Å². The number of phenolic OH excluding ortho intramolecular Hbond substituents is 1. The van der Waals surface area contributed by atoms with Gasteiger partial charge < -0.3 is 9.66 Å². The first-order valence-electron chi connectivity index (χ1n) is 3.94. The Kier molecular flexibility index (Phi) is 3.49. The summed E-state index contributed by atoms with van der Waals surface area (Å²) in [6.07, 6.45) is 0. The van der Waals surface area contributed by atoms with Crippen LogP contribution in [0.4, 0.5) is 0 Å². The third-order valence-electron chi connectivity index (χ3n) is 1.55. The lowest BCUT2D eigenvalue weighted by Crippen LogP contribution is -2.15. The number of rotatable bonds is 3. The van der Waals surface area contributed by atoms with E-state index in [1.807, 2.05) is 0 Å². The van der Waals surface area contributed by atoms with Gasteiger partial charge in [-0.1, -0.05) is 17.7 Å². The molecule has 0 saturated heterocycles. The molecule has 1 rings (SSSR count). The van der Waals surface area contributed by atoms with Crippen LogP contribution in [0.15, 0.2) is 23.1 Å². The smallest absolute Gasteiger partial charge is 0.135 e. The summed E-state index contributed by atoms with van der Waals surface area (Å²) in [7, 11) is -4.00. The summed E-state index contributed by atoms with van der Waals surface area (Å²) >= 11 is 5.68. The molecule has 0 radical (unpaired) electrons. The third kappa shape index (κ3) is 2.24. The van der Waals surface area contributed by atoms with Crippen LogP contribution in [0.25, 0.3) is 0 Å². The minimum Gasteiger partial charge on any atom is -0.507 e. The van der Waals surface area contributed by atoms with Gasteiger partial charge in [-0.3, -0.25) is 4.18 Å². The van der Waals surface area contributed by atoms with Crippen LogP contribution in [0.3, 0.4) is 0 Å². The quantitative estimate of drug-likeness (QED) is 0.703. The molecule has 1 aromatic rings. The SMILES string of the molecule is CCO[SH](=O)(O)c1c(O)cccc1Cl.